The third kappa shape index (κ3) is 5.48. The van der Waals surface area contributed by atoms with Crippen LogP contribution in [0.15, 0.2) is 78.7 Å². The summed E-state index contributed by atoms with van der Waals surface area (Å²) >= 11 is 0. The van der Waals surface area contributed by atoms with Gasteiger partial charge in [0.25, 0.3) is 0 Å². The lowest BCUT2D eigenvalue weighted by Crippen LogP contribution is -2.50. The first-order valence-corrected chi connectivity index (χ1v) is 10.0. The Morgan fingerprint density at radius 3 is 2.11 bits per heavy atom. The summed E-state index contributed by atoms with van der Waals surface area (Å²) in [6, 6.07) is 8.38. The Morgan fingerprint density at radius 1 is 0.972 bits per heavy atom. The quantitative estimate of drug-likeness (QED) is 0.218. The summed E-state index contributed by atoms with van der Waals surface area (Å²) in [5, 5.41) is 15.3. The number of alkyl halides is 5. The van der Waals surface area contributed by atoms with Crippen molar-refractivity contribution >= 4 is 6.72 Å². The highest BCUT2D eigenvalue weighted by Crippen LogP contribution is 2.46. The van der Waals surface area contributed by atoms with E-state index in [2.05, 4.69) is 28.1 Å². The van der Waals surface area contributed by atoms with E-state index in [4.69, 9.17) is 0 Å². The van der Waals surface area contributed by atoms with Gasteiger partial charge in [0.2, 0.25) is 0 Å². The fraction of sp³-hybridized carbons (Fsp3) is 0.167. The van der Waals surface area contributed by atoms with Crippen molar-refractivity contribution in [2.75, 3.05) is 6.54 Å². The molecular formula is C24H18F7N3O2. The molecule has 3 aromatic rings. The molecule has 0 saturated carbocycles. The molecule has 2 aromatic carbocycles. The van der Waals surface area contributed by atoms with Crippen molar-refractivity contribution in [1.82, 2.24) is 9.99 Å². The fourth-order valence-corrected chi connectivity index (χ4v) is 3.40. The number of aliphatic hydroxyl groups is 1. The molecule has 5 nitrogen and oxygen atoms in total. The monoisotopic (exact) mass is 513 g/mol. The van der Waals surface area contributed by atoms with Crippen molar-refractivity contribution in [3.05, 3.63) is 96.5 Å². The van der Waals surface area contributed by atoms with Crippen LogP contribution in [0.4, 0.5) is 30.7 Å². The lowest BCUT2D eigenvalue weighted by atomic mass is 9.84. The van der Waals surface area contributed by atoms with Crippen LogP contribution >= 0.6 is 0 Å². The van der Waals surface area contributed by atoms with Gasteiger partial charge >= 0.3 is 12.3 Å². The van der Waals surface area contributed by atoms with Crippen molar-refractivity contribution in [3.63, 3.8) is 0 Å². The number of ether oxygens (including phenoxy) is 1. The molecule has 0 saturated heterocycles. The maximum Gasteiger partial charge on any atom is 0.573 e. The van der Waals surface area contributed by atoms with Crippen LogP contribution in [-0.2, 0) is 11.5 Å². The highest BCUT2D eigenvalue weighted by atomic mass is 19.4. The molecule has 1 heterocycles. The predicted octanol–water partition coefficient (Wildman–Crippen LogP) is 5.97. The maximum atomic E-state index is 15.7. The minimum absolute atomic E-state index is 0.255. The van der Waals surface area contributed by atoms with Crippen LogP contribution in [-0.4, -0.2) is 34.7 Å². The lowest BCUT2D eigenvalue weighted by molar-refractivity contribution is -0.274. The summed E-state index contributed by atoms with van der Waals surface area (Å²) in [5.74, 6) is -7.20. The van der Waals surface area contributed by atoms with Crippen LogP contribution in [0.25, 0.3) is 11.1 Å². The summed E-state index contributed by atoms with van der Waals surface area (Å²) in [4.78, 5) is 3.70. The van der Waals surface area contributed by atoms with Crippen LogP contribution in [0.3, 0.4) is 0 Å². The topological polar surface area (TPSA) is 58.0 Å². The smallest absolute Gasteiger partial charge is 0.406 e. The first-order valence-electron chi connectivity index (χ1n) is 10.0. The zero-order valence-electron chi connectivity index (χ0n) is 18.3. The van der Waals surface area contributed by atoms with E-state index in [0.29, 0.717) is 23.8 Å². The summed E-state index contributed by atoms with van der Waals surface area (Å²) < 4.78 is 100. The summed E-state index contributed by atoms with van der Waals surface area (Å²) in [5.41, 5.74) is -4.60. The van der Waals surface area contributed by atoms with E-state index in [1.54, 1.807) is 0 Å². The molecule has 1 aromatic heterocycles. The molecule has 0 fully saturated rings. The summed E-state index contributed by atoms with van der Waals surface area (Å²) in [6.45, 7) is 5.53. The normalized spacial score (nSPS) is 13.6. The van der Waals surface area contributed by atoms with Crippen LogP contribution in [0, 0.1) is 11.6 Å². The molecule has 0 aliphatic heterocycles. The Kier molecular flexibility index (Phi) is 7.39. The molecule has 1 unspecified atom stereocenters. The van der Waals surface area contributed by atoms with Crippen molar-refractivity contribution in [3.8, 4) is 16.9 Å². The Labute approximate surface area is 200 Å². The second-order valence-corrected chi connectivity index (χ2v) is 7.48. The molecule has 0 bridgehead atoms. The van der Waals surface area contributed by atoms with Gasteiger partial charge < -0.3 is 9.84 Å². The van der Waals surface area contributed by atoms with Crippen LogP contribution in [0.5, 0.6) is 5.75 Å². The van der Waals surface area contributed by atoms with E-state index in [1.165, 1.54) is 18.2 Å². The van der Waals surface area contributed by atoms with E-state index < -0.39 is 53.1 Å². The third-order valence-electron chi connectivity index (χ3n) is 5.19. The molecule has 0 aliphatic rings. The van der Waals surface area contributed by atoms with Gasteiger partial charge in [0.1, 0.15) is 23.1 Å². The van der Waals surface area contributed by atoms with Crippen molar-refractivity contribution in [2.24, 2.45) is 5.10 Å². The van der Waals surface area contributed by atoms with Crippen LogP contribution in [0.1, 0.15) is 11.3 Å². The number of aromatic nitrogens is 1. The van der Waals surface area contributed by atoms with E-state index >= 15 is 8.78 Å². The maximum absolute atomic E-state index is 15.7. The van der Waals surface area contributed by atoms with Gasteiger partial charge in [-0.05, 0) is 35.9 Å². The molecule has 1 N–H and O–H groups in total. The Morgan fingerprint density at radius 2 is 1.61 bits per heavy atom. The second-order valence-electron chi connectivity index (χ2n) is 7.48. The van der Waals surface area contributed by atoms with Gasteiger partial charge in [-0.25, -0.2) is 8.78 Å². The largest absolute Gasteiger partial charge is 0.573 e. The first-order chi connectivity index (χ1) is 16.8. The number of nitrogens with zero attached hydrogens (tertiary/aromatic N) is 3. The van der Waals surface area contributed by atoms with Gasteiger partial charge in [-0.15, -0.1) is 13.2 Å². The highest BCUT2D eigenvalue weighted by Gasteiger charge is 2.58. The average molecular weight is 513 g/mol. The van der Waals surface area contributed by atoms with Crippen LogP contribution < -0.4 is 4.74 Å². The third-order valence-corrected chi connectivity index (χ3v) is 5.19. The first kappa shape index (κ1) is 26.7. The number of halogens is 7. The van der Waals surface area contributed by atoms with Gasteiger partial charge in [0.15, 0.2) is 5.60 Å². The zero-order valence-corrected chi connectivity index (χ0v) is 18.3. The molecule has 0 radical (unpaired) electrons. The molecule has 1 atom stereocenters. The average Bonchev–Trinajstić information content (AvgIpc) is 2.82. The predicted molar refractivity (Wildman–Crippen MR) is 117 cm³/mol. The standard InChI is InChI=1S/C24H18F7N3O2/c1-3-34(32-2)14-22(35,19-10-7-17(25)12-20(19)26)23(27,28)21-11-6-16(13-33-21)15-4-8-18(9-5-15)36-24(29,30)31/h3-13,35H,1-2,14H2. The number of pyridine rings is 1. The molecular weight excluding hydrogens is 495 g/mol. The second kappa shape index (κ2) is 9.97. The van der Waals surface area contributed by atoms with Crippen molar-refractivity contribution in [2.45, 2.75) is 17.9 Å². The van der Waals surface area contributed by atoms with Gasteiger partial charge in [0, 0.05) is 36.3 Å². The summed E-state index contributed by atoms with van der Waals surface area (Å²) in [7, 11) is 0. The van der Waals surface area contributed by atoms with E-state index in [1.807, 2.05) is 0 Å². The van der Waals surface area contributed by atoms with Gasteiger partial charge in [-0.3, -0.25) is 9.99 Å². The molecule has 0 amide bonds. The number of hydrogen-bond donors (Lipinski definition) is 1. The molecule has 0 spiro atoms. The SMILES string of the molecule is C=CN(CC(O)(c1ccc(F)cc1F)C(F)(F)c1ccc(-c2ccc(OC(F)(F)F)cc2)cn1)N=C. The van der Waals surface area contributed by atoms with Crippen molar-refractivity contribution < 1.29 is 40.6 Å². The number of hydrogen-bond acceptors (Lipinski definition) is 5. The summed E-state index contributed by atoms with van der Waals surface area (Å²) in [6.07, 6.45) is -2.90. The minimum Gasteiger partial charge on any atom is -0.406 e. The van der Waals surface area contributed by atoms with Crippen LogP contribution in [0.2, 0.25) is 0 Å². The molecule has 0 aliphatic carbocycles. The molecule has 190 valence electrons. The Hall–Kier alpha value is -3.93. The number of rotatable bonds is 9. The number of hydrazone groups is 1. The van der Waals surface area contributed by atoms with E-state index in [-0.39, 0.29) is 5.56 Å². The molecule has 3 rings (SSSR count). The van der Waals surface area contributed by atoms with Crippen molar-refractivity contribution in [1.29, 1.82) is 0 Å². The Balaban J connectivity index is 1.99. The van der Waals surface area contributed by atoms with Gasteiger partial charge in [0.05, 0.1) is 6.54 Å². The fourth-order valence-electron chi connectivity index (χ4n) is 3.40. The lowest BCUT2D eigenvalue weighted by Gasteiger charge is -2.38. The van der Waals surface area contributed by atoms with Gasteiger partial charge in [-0.1, -0.05) is 24.8 Å². The van der Waals surface area contributed by atoms with E-state index in [9.17, 15) is 27.1 Å². The van der Waals surface area contributed by atoms with Gasteiger partial charge in [-0.2, -0.15) is 13.9 Å². The molecule has 36 heavy (non-hydrogen) atoms. The molecule has 12 heteroatoms. The zero-order chi connectivity index (χ0) is 26.7. The number of benzene rings is 2. The highest BCUT2D eigenvalue weighted by molar-refractivity contribution is 5.63. The van der Waals surface area contributed by atoms with E-state index in [0.717, 1.165) is 35.6 Å². The Bertz CT molecular complexity index is 1220. The minimum atomic E-state index is -4.88.